The molecule has 0 unspecified atom stereocenters. The second kappa shape index (κ2) is 7.15. The standard InChI is InChI=1S/C17H21N7/c18-9-15-17(22-12-5-3-4-11(19)8-12)24-16(10-21-15)23-14-7-2-1-6-13(14)20/h3-5,8,10,13-14H,1-2,6-7,19-20H2,(H2,22,23,24)/t13-,14+/m0/s1. The molecule has 0 aliphatic heterocycles. The van der Waals surface area contributed by atoms with Gasteiger partial charge in [-0.15, -0.1) is 0 Å². The number of aromatic nitrogens is 2. The number of nitrogens with one attached hydrogen (secondary N) is 2. The van der Waals surface area contributed by atoms with Crippen LogP contribution in [0.25, 0.3) is 0 Å². The maximum Gasteiger partial charge on any atom is 0.183 e. The van der Waals surface area contributed by atoms with Crippen molar-refractivity contribution in [2.75, 3.05) is 16.4 Å². The summed E-state index contributed by atoms with van der Waals surface area (Å²) in [6, 6.07) is 9.61. The van der Waals surface area contributed by atoms with Crippen LogP contribution in [-0.2, 0) is 0 Å². The van der Waals surface area contributed by atoms with Crippen LogP contribution in [0.15, 0.2) is 30.5 Å². The SMILES string of the molecule is N#Cc1ncc(N[C@@H]2CCCC[C@@H]2N)nc1Nc1cccc(N)c1. The Balaban J connectivity index is 1.81. The molecule has 1 heterocycles. The summed E-state index contributed by atoms with van der Waals surface area (Å²) < 4.78 is 0. The molecule has 124 valence electrons. The van der Waals surface area contributed by atoms with Crippen LogP contribution in [0.5, 0.6) is 0 Å². The molecule has 0 saturated heterocycles. The van der Waals surface area contributed by atoms with Gasteiger partial charge in [0.1, 0.15) is 11.9 Å². The molecule has 7 nitrogen and oxygen atoms in total. The summed E-state index contributed by atoms with van der Waals surface area (Å²) in [5.74, 6) is 1.01. The first kappa shape index (κ1) is 16.0. The van der Waals surface area contributed by atoms with Crippen LogP contribution in [0, 0.1) is 11.3 Å². The lowest BCUT2D eigenvalue weighted by atomic mass is 9.91. The molecule has 0 radical (unpaired) electrons. The van der Waals surface area contributed by atoms with Crippen molar-refractivity contribution in [1.82, 2.24) is 9.97 Å². The van der Waals surface area contributed by atoms with Gasteiger partial charge in [0.05, 0.1) is 6.20 Å². The molecule has 1 fully saturated rings. The summed E-state index contributed by atoms with van der Waals surface area (Å²) in [4.78, 5) is 8.68. The molecule has 1 aliphatic carbocycles. The molecule has 0 bridgehead atoms. The monoisotopic (exact) mass is 323 g/mol. The van der Waals surface area contributed by atoms with Crippen molar-refractivity contribution in [3.8, 4) is 6.07 Å². The molecule has 2 atom stereocenters. The number of hydrogen-bond acceptors (Lipinski definition) is 7. The van der Waals surface area contributed by atoms with E-state index in [1.54, 1.807) is 18.3 Å². The highest BCUT2D eigenvalue weighted by atomic mass is 15.1. The quantitative estimate of drug-likeness (QED) is 0.636. The minimum Gasteiger partial charge on any atom is -0.399 e. The molecule has 3 rings (SSSR count). The molecular formula is C17H21N7. The maximum atomic E-state index is 9.25. The molecule has 0 amide bonds. The Hall–Kier alpha value is -2.85. The van der Waals surface area contributed by atoms with Crippen LogP contribution >= 0.6 is 0 Å². The Morgan fingerprint density at radius 3 is 2.83 bits per heavy atom. The fourth-order valence-electron chi connectivity index (χ4n) is 2.91. The Morgan fingerprint density at radius 2 is 2.08 bits per heavy atom. The molecule has 1 aromatic heterocycles. The van der Waals surface area contributed by atoms with Gasteiger partial charge in [0, 0.05) is 23.5 Å². The number of nitrogens with two attached hydrogens (primary N) is 2. The van der Waals surface area contributed by atoms with Crippen LogP contribution in [0.2, 0.25) is 0 Å². The van der Waals surface area contributed by atoms with Gasteiger partial charge in [-0.2, -0.15) is 5.26 Å². The first-order chi connectivity index (χ1) is 11.7. The van der Waals surface area contributed by atoms with Crippen molar-refractivity contribution >= 4 is 23.0 Å². The van der Waals surface area contributed by atoms with Crippen molar-refractivity contribution < 1.29 is 0 Å². The first-order valence-corrected chi connectivity index (χ1v) is 8.07. The molecule has 24 heavy (non-hydrogen) atoms. The lowest BCUT2D eigenvalue weighted by Gasteiger charge is -2.29. The number of hydrogen-bond donors (Lipinski definition) is 4. The zero-order valence-electron chi connectivity index (χ0n) is 13.4. The third-order valence-electron chi connectivity index (χ3n) is 4.18. The minimum atomic E-state index is 0.113. The fourth-order valence-corrected chi connectivity index (χ4v) is 2.91. The highest BCUT2D eigenvalue weighted by Gasteiger charge is 2.22. The third-order valence-corrected chi connectivity index (χ3v) is 4.18. The van der Waals surface area contributed by atoms with Crippen LogP contribution in [0.3, 0.4) is 0 Å². The topological polar surface area (TPSA) is 126 Å². The highest BCUT2D eigenvalue weighted by molar-refractivity contribution is 5.65. The van der Waals surface area contributed by atoms with E-state index >= 15 is 0 Å². The third kappa shape index (κ3) is 3.73. The Morgan fingerprint density at radius 1 is 1.25 bits per heavy atom. The summed E-state index contributed by atoms with van der Waals surface area (Å²) >= 11 is 0. The van der Waals surface area contributed by atoms with Crippen molar-refractivity contribution in [1.29, 1.82) is 5.26 Å². The Bertz CT molecular complexity index is 753. The van der Waals surface area contributed by atoms with Crippen molar-refractivity contribution in [2.24, 2.45) is 5.73 Å². The van der Waals surface area contributed by atoms with Crippen LogP contribution in [-0.4, -0.2) is 22.1 Å². The van der Waals surface area contributed by atoms with Gasteiger partial charge in [0.15, 0.2) is 11.5 Å². The average molecular weight is 323 g/mol. The second-order valence-corrected chi connectivity index (χ2v) is 6.01. The van der Waals surface area contributed by atoms with Gasteiger partial charge < -0.3 is 22.1 Å². The summed E-state index contributed by atoms with van der Waals surface area (Å²) in [5, 5.41) is 15.7. The molecule has 7 heteroatoms. The molecule has 1 saturated carbocycles. The second-order valence-electron chi connectivity index (χ2n) is 6.01. The summed E-state index contributed by atoms with van der Waals surface area (Å²) in [6.45, 7) is 0. The number of nitriles is 1. The summed E-state index contributed by atoms with van der Waals surface area (Å²) in [6.07, 6.45) is 5.92. The molecule has 1 aromatic carbocycles. The van der Waals surface area contributed by atoms with Crippen LogP contribution in [0.1, 0.15) is 31.4 Å². The van der Waals surface area contributed by atoms with Gasteiger partial charge in [-0.1, -0.05) is 18.9 Å². The van der Waals surface area contributed by atoms with E-state index in [0.717, 1.165) is 24.9 Å². The van der Waals surface area contributed by atoms with Gasteiger partial charge in [-0.25, -0.2) is 9.97 Å². The number of anilines is 4. The number of nitrogen functional groups attached to an aromatic ring is 1. The van der Waals surface area contributed by atoms with E-state index in [9.17, 15) is 5.26 Å². The predicted octanol–water partition coefficient (Wildman–Crippen LogP) is 2.36. The van der Waals surface area contributed by atoms with Crippen molar-refractivity contribution in [2.45, 2.75) is 37.8 Å². The number of rotatable bonds is 4. The molecule has 6 N–H and O–H groups in total. The van der Waals surface area contributed by atoms with E-state index in [4.69, 9.17) is 11.5 Å². The molecule has 2 aromatic rings. The zero-order chi connectivity index (χ0) is 16.9. The van der Waals surface area contributed by atoms with E-state index in [-0.39, 0.29) is 17.8 Å². The maximum absolute atomic E-state index is 9.25. The van der Waals surface area contributed by atoms with Crippen LogP contribution < -0.4 is 22.1 Å². The molecular weight excluding hydrogens is 302 g/mol. The van der Waals surface area contributed by atoms with E-state index in [0.29, 0.717) is 17.3 Å². The highest BCUT2D eigenvalue weighted by Crippen LogP contribution is 2.23. The van der Waals surface area contributed by atoms with Gasteiger partial charge in [-0.3, -0.25) is 0 Å². The van der Waals surface area contributed by atoms with E-state index in [1.165, 1.54) is 6.42 Å². The van der Waals surface area contributed by atoms with Gasteiger partial charge in [-0.05, 0) is 31.0 Å². The largest absolute Gasteiger partial charge is 0.399 e. The van der Waals surface area contributed by atoms with Gasteiger partial charge in [0.25, 0.3) is 0 Å². The molecule has 0 spiro atoms. The van der Waals surface area contributed by atoms with Gasteiger partial charge in [0.2, 0.25) is 0 Å². The molecule has 1 aliphatic rings. The first-order valence-electron chi connectivity index (χ1n) is 8.07. The lowest BCUT2D eigenvalue weighted by Crippen LogP contribution is -2.42. The summed E-state index contributed by atoms with van der Waals surface area (Å²) in [7, 11) is 0. The van der Waals surface area contributed by atoms with E-state index < -0.39 is 0 Å². The van der Waals surface area contributed by atoms with E-state index in [1.807, 2.05) is 12.1 Å². The normalized spacial score (nSPS) is 20.2. The minimum absolute atomic E-state index is 0.113. The number of nitrogens with zero attached hydrogens (tertiary/aromatic N) is 3. The fraction of sp³-hybridized carbons (Fsp3) is 0.353. The smallest absolute Gasteiger partial charge is 0.183 e. The van der Waals surface area contributed by atoms with E-state index in [2.05, 4.69) is 26.7 Å². The van der Waals surface area contributed by atoms with Crippen molar-refractivity contribution in [3.05, 3.63) is 36.2 Å². The van der Waals surface area contributed by atoms with Crippen LogP contribution in [0.4, 0.5) is 23.0 Å². The summed E-state index contributed by atoms with van der Waals surface area (Å²) in [5.41, 5.74) is 13.6. The average Bonchev–Trinajstić information content (AvgIpc) is 2.57. The Labute approximate surface area is 141 Å². The number of benzene rings is 1. The Kier molecular flexibility index (Phi) is 4.77. The zero-order valence-corrected chi connectivity index (χ0v) is 13.4. The van der Waals surface area contributed by atoms with Gasteiger partial charge >= 0.3 is 0 Å². The van der Waals surface area contributed by atoms with Crippen molar-refractivity contribution in [3.63, 3.8) is 0 Å². The lowest BCUT2D eigenvalue weighted by molar-refractivity contribution is 0.403. The predicted molar refractivity (Wildman–Crippen MR) is 94.7 cm³/mol.